The number of rotatable bonds is 6. The highest BCUT2D eigenvalue weighted by atomic mass is 19.1. The van der Waals surface area contributed by atoms with Crippen molar-refractivity contribution in [3.05, 3.63) is 95.6 Å². The first-order valence-corrected chi connectivity index (χ1v) is 8.34. The lowest BCUT2D eigenvalue weighted by Gasteiger charge is -2.17. The highest BCUT2D eigenvalue weighted by molar-refractivity contribution is 5.94. The number of hydrogen-bond acceptors (Lipinski definition) is 3. The van der Waals surface area contributed by atoms with Crippen LogP contribution in [0.1, 0.15) is 21.5 Å². The Bertz CT molecular complexity index is 866. The largest absolute Gasteiger partial charge is 0.380 e. The molecule has 26 heavy (non-hydrogen) atoms. The van der Waals surface area contributed by atoms with Gasteiger partial charge in [0.1, 0.15) is 5.82 Å². The number of amides is 1. The third-order valence-corrected chi connectivity index (χ3v) is 4.00. The number of pyridine rings is 1. The molecule has 0 aliphatic carbocycles. The molecule has 0 bridgehead atoms. The second kappa shape index (κ2) is 8.25. The van der Waals surface area contributed by atoms with Gasteiger partial charge in [-0.1, -0.05) is 42.5 Å². The fraction of sp³-hybridized carbons (Fsp3) is 0.143. The predicted molar refractivity (Wildman–Crippen MR) is 100 cm³/mol. The van der Waals surface area contributed by atoms with E-state index in [9.17, 15) is 9.18 Å². The van der Waals surface area contributed by atoms with Gasteiger partial charge in [0, 0.05) is 32.5 Å². The normalized spacial score (nSPS) is 10.4. The maximum Gasteiger partial charge on any atom is 0.255 e. The van der Waals surface area contributed by atoms with Crippen molar-refractivity contribution >= 4 is 11.6 Å². The van der Waals surface area contributed by atoms with Crippen molar-refractivity contribution in [2.24, 2.45) is 0 Å². The Morgan fingerprint density at radius 1 is 1.04 bits per heavy atom. The van der Waals surface area contributed by atoms with Gasteiger partial charge in [-0.05, 0) is 29.3 Å². The summed E-state index contributed by atoms with van der Waals surface area (Å²) in [7, 11) is 1.77. The average Bonchev–Trinajstić information content (AvgIpc) is 2.68. The molecule has 0 aliphatic rings. The van der Waals surface area contributed by atoms with Crippen molar-refractivity contribution in [2.75, 3.05) is 12.4 Å². The van der Waals surface area contributed by atoms with Crippen molar-refractivity contribution in [3.63, 3.8) is 0 Å². The van der Waals surface area contributed by atoms with E-state index in [4.69, 9.17) is 0 Å². The molecule has 132 valence electrons. The second-order valence-electron chi connectivity index (χ2n) is 6.09. The Labute approximate surface area is 152 Å². The van der Waals surface area contributed by atoms with E-state index in [1.54, 1.807) is 42.5 Å². The molecule has 0 saturated heterocycles. The number of carbonyl (C=O) groups is 1. The van der Waals surface area contributed by atoms with Gasteiger partial charge in [0.25, 0.3) is 5.91 Å². The van der Waals surface area contributed by atoms with Gasteiger partial charge in [-0.3, -0.25) is 9.78 Å². The van der Waals surface area contributed by atoms with Crippen LogP contribution in [0.3, 0.4) is 0 Å². The van der Waals surface area contributed by atoms with Crippen molar-refractivity contribution in [3.8, 4) is 0 Å². The molecule has 0 aliphatic heterocycles. The van der Waals surface area contributed by atoms with Crippen LogP contribution in [0.5, 0.6) is 0 Å². The Balaban J connectivity index is 1.64. The van der Waals surface area contributed by atoms with Crippen molar-refractivity contribution in [2.45, 2.75) is 13.1 Å². The minimum absolute atomic E-state index is 0.0909. The molecule has 3 rings (SSSR count). The monoisotopic (exact) mass is 349 g/mol. The molecule has 0 radical (unpaired) electrons. The number of aromatic nitrogens is 1. The zero-order valence-electron chi connectivity index (χ0n) is 14.5. The molecular formula is C21H20FN3O. The van der Waals surface area contributed by atoms with Gasteiger partial charge in [0.2, 0.25) is 0 Å². The van der Waals surface area contributed by atoms with E-state index in [0.29, 0.717) is 18.7 Å². The van der Waals surface area contributed by atoms with Gasteiger partial charge in [0.05, 0.1) is 11.3 Å². The minimum atomic E-state index is -0.260. The van der Waals surface area contributed by atoms with Gasteiger partial charge in [-0.25, -0.2) is 4.39 Å². The third-order valence-electron chi connectivity index (χ3n) is 4.00. The van der Waals surface area contributed by atoms with Gasteiger partial charge < -0.3 is 10.2 Å². The van der Waals surface area contributed by atoms with E-state index < -0.39 is 0 Å². The molecule has 5 heteroatoms. The number of hydrogen-bond donors (Lipinski definition) is 1. The lowest BCUT2D eigenvalue weighted by Crippen LogP contribution is -2.26. The van der Waals surface area contributed by atoms with Gasteiger partial charge in [-0.15, -0.1) is 0 Å². The summed E-state index contributed by atoms with van der Waals surface area (Å²) in [5.41, 5.74) is 3.28. The topological polar surface area (TPSA) is 45.2 Å². The van der Waals surface area contributed by atoms with Crippen LogP contribution >= 0.6 is 0 Å². The smallest absolute Gasteiger partial charge is 0.255 e. The maximum absolute atomic E-state index is 13.0. The number of nitrogens with one attached hydrogen (secondary N) is 1. The fourth-order valence-electron chi connectivity index (χ4n) is 2.61. The Morgan fingerprint density at radius 3 is 2.50 bits per heavy atom. The van der Waals surface area contributed by atoms with Crippen LogP contribution in [0.15, 0.2) is 73.1 Å². The molecule has 0 fully saturated rings. The first kappa shape index (κ1) is 17.6. The van der Waals surface area contributed by atoms with Crippen LogP contribution in [0.4, 0.5) is 10.1 Å². The Morgan fingerprint density at radius 2 is 1.77 bits per heavy atom. The molecule has 0 atom stereocenters. The zero-order valence-corrected chi connectivity index (χ0v) is 14.5. The fourth-order valence-corrected chi connectivity index (χ4v) is 2.61. The van der Waals surface area contributed by atoms with E-state index in [1.165, 1.54) is 12.1 Å². The summed E-state index contributed by atoms with van der Waals surface area (Å²) < 4.78 is 13.0. The highest BCUT2D eigenvalue weighted by Crippen LogP contribution is 2.14. The molecule has 1 N–H and O–H groups in total. The van der Waals surface area contributed by atoms with Gasteiger partial charge in [0.15, 0.2) is 0 Å². The van der Waals surface area contributed by atoms with Crippen LogP contribution in [0, 0.1) is 5.82 Å². The maximum atomic E-state index is 13.0. The number of carbonyl (C=O) groups excluding carboxylic acids is 1. The molecule has 0 spiro atoms. The molecule has 1 heterocycles. The Hall–Kier alpha value is -3.21. The van der Waals surface area contributed by atoms with Gasteiger partial charge in [-0.2, -0.15) is 0 Å². The molecule has 1 amide bonds. The first-order valence-electron chi connectivity index (χ1n) is 8.34. The first-order chi connectivity index (χ1) is 12.6. The van der Waals surface area contributed by atoms with Crippen molar-refractivity contribution < 1.29 is 9.18 Å². The van der Waals surface area contributed by atoms with E-state index in [0.717, 1.165) is 16.8 Å². The van der Waals surface area contributed by atoms with Crippen LogP contribution in [0.2, 0.25) is 0 Å². The summed E-state index contributed by atoms with van der Waals surface area (Å²) in [6.07, 6.45) is 3.23. The standard InChI is InChI=1S/C21H20FN3O/c1-25(15-17-5-3-2-4-6-17)21(26)18-11-20(14-23-13-18)24-12-16-7-9-19(22)10-8-16/h2-11,13-14,24H,12,15H2,1H3. The molecule has 2 aromatic carbocycles. The van der Waals surface area contributed by atoms with Crippen molar-refractivity contribution in [1.82, 2.24) is 9.88 Å². The summed E-state index contributed by atoms with van der Waals surface area (Å²) in [5.74, 6) is -0.351. The number of halogens is 1. The van der Waals surface area contributed by atoms with E-state index in [-0.39, 0.29) is 11.7 Å². The highest BCUT2D eigenvalue weighted by Gasteiger charge is 2.13. The van der Waals surface area contributed by atoms with E-state index in [1.807, 2.05) is 30.3 Å². The summed E-state index contributed by atoms with van der Waals surface area (Å²) in [5, 5.41) is 3.21. The molecule has 0 unspecified atom stereocenters. The Kier molecular flexibility index (Phi) is 5.59. The van der Waals surface area contributed by atoms with Crippen molar-refractivity contribution in [1.29, 1.82) is 0 Å². The van der Waals surface area contributed by atoms with E-state index in [2.05, 4.69) is 10.3 Å². The summed E-state index contributed by atoms with van der Waals surface area (Å²) in [4.78, 5) is 18.4. The summed E-state index contributed by atoms with van der Waals surface area (Å²) in [6.45, 7) is 1.06. The van der Waals surface area contributed by atoms with Crippen LogP contribution in [-0.2, 0) is 13.1 Å². The second-order valence-corrected chi connectivity index (χ2v) is 6.09. The SMILES string of the molecule is CN(Cc1ccccc1)C(=O)c1cncc(NCc2ccc(F)cc2)c1. The number of nitrogens with zero attached hydrogens (tertiary/aromatic N) is 2. The molecular weight excluding hydrogens is 329 g/mol. The lowest BCUT2D eigenvalue weighted by atomic mass is 10.2. The predicted octanol–water partition coefficient (Wildman–Crippen LogP) is 4.11. The van der Waals surface area contributed by atoms with E-state index >= 15 is 0 Å². The molecule has 1 aromatic heterocycles. The zero-order chi connectivity index (χ0) is 18.4. The minimum Gasteiger partial charge on any atom is -0.380 e. The quantitative estimate of drug-likeness (QED) is 0.728. The lowest BCUT2D eigenvalue weighted by molar-refractivity contribution is 0.0784. The van der Waals surface area contributed by atoms with Crippen LogP contribution in [-0.4, -0.2) is 22.8 Å². The summed E-state index contributed by atoms with van der Waals surface area (Å²) >= 11 is 0. The summed E-state index contributed by atoms with van der Waals surface area (Å²) in [6, 6.07) is 17.9. The molecule has 0 saturated carbocycles. The average molecular weight is 349 g/mol. The molecule has 4 nitrogen and oxygen atoms in total. The number of anilines is 1. The van der Waals surface area contributed by atoms with Crippen LogP contribution in [0.25, 0.3) is 0 Å². The third kappa shape index (κ3) is 4.66. The molecule has 3 aromatic rings. The number of benzene rings is 2. The van der Waals surface area contributed by atoms with Crippen LogP contribution < -0.4 is 5.32 Å². The van der Waals surface area contributed by atoms with Gasteiger partial charge >= 0.3 is 0 Å².